The van der Waals surface area contributed by atoms with Crippen LogP contribution in [-0.2, 0) is 4.79 Å². The van der Waals surface area contributed by atoms with E-state index in [-0.39, 0.29) is 17.4 Å². The minimum atomic E-state index is -0.566. The smallest absolute Gasteiger partial charge is 0.347 e. The van der Waals surface area contributed by atoms with Crippen molar-refractivity contribution >= 4 is 40.9 Å². The van der Waals surface area contributed by atoms with Gasteiger partial charge in [0, 0.05) is 0 Å². The summed E-state index contributed by atoms with van der Waals surface area (Å²) in [5.74, 6) is 0.360. The van der Waals surface area contributed by atoms with Gasteiger partial charge in [0.25, 0.3) is 5.91 Å². The Balaban J connectivity index is 1.36. The van der Waals surface area contributed by atoms with E-state index in [1.807, 2.05) is 31.2 Å². The number of thioether (sulfide) groups is 1. The summed E-state index contributed by atoms with van der Waals surface area (Å²) in [5, 5.41) is 4.67. The predicted molar refractivity (Wildman–Crippen MR) is 138 cm³/mol. The number of aromatic nitrogens is 2. The molecule has 0 bridgehead atoms. The van der Waals surface area contributed by atoms with Crippen molar-refractivity contribution in [3.63, 3.8) is 0 Å². The zero-order chi connectivity index (χ0) is 25.3. The molecule has 1 heterocycles. The Hall–Kier alpha value is -4.31. The highest BCUT2D eigenvalue weighted by molar-refractivity contribution is 7.99. The first kappa shape index (κ1) is 24.8. The van der Waals surface area contributed by atoms with Crippen LogP contribution in [-0.4, -0.2) is 47.5 Å². The number of methoxy groups -OCH3 is 1. The van der Waals surface area contributed by atoms with Gasteiger partial charge in [-0.25, -0.2) is 15.2 Å². The number of H-pyrrole nitrogens is 1. The van der Waals surface area contributed by atoms with Crippen molar-refractivity contribution in [2.24, 2.45) is 5.10 Å². The molecule has 0 fully saturated rings. The van der Waals surface area contributed by atoms with Gasteiger partial charge in [0.2, 0.25) is 0 Å². The van der Waals surface area contributed by atoms with Gasteiger partial charge in [-0.1, -0.05) is 36.0 Å². The van der Waals surface area contributed by atoms with Gasteiger partial charge in [0.15, 0.2) is 16.7 Å². The quantitative estimate of drug-likeness (QED) is 0.108. The molecule has 0 atom stereocenters. The van der Waals surface area contributed by atoms with Crippen LogP contribution in [0, 0.1) is 0 Å². The van der Waals surface area contributed by atoms with Gasteiger partial charge < -0.3 is 19.2 Å². The average molecular weight is 505 g/mol. The maximum atomic E-state index is 12.7. The molecule has 0 aliphatic carbocycles. The third kappa shape index (κ3) is 6.22. The summed E-state index contributed by atoms with van der Waals surface area (Å²) in [5.41, 5.74) is 5.22. The Morgan fingerprint density at radius 2 is 1.86 bits per heavy atom. The van der Waals surface area contributed by atoms with E-state index < -0.39 is 5.97 Å². The van der Waals surface area contributed by atoms with Crippen LogP contribution in [0.5, 0.6) is 17.2 Å². The molecule has 0 radical (unpaired) electrons. The average Bonchev–Trinajstić information content (AvgIpc) is 3.32. The van der Waals surface area contributed by atoms with E-state index in [0.717, 1.165) is 11.0 Å². The van der Waals surface area contributed by atoms with Gasteiger partial charge in [0.05, 0.1) is 36.7 Å². The highest BCUT2D eigenvalue weighted by atomic mass is 32.2. The molecule has 2 N–H and O–H groups in total. The first-order chi connectivity index (χ1) is 17.6. The second-order valence-electron chi connectivity index (χ2n) is 7.37. The van der Waals surface area contributed by atoms with Crippen LogP contribution in [0.2, 0.25) is 0 Å². The summed E-state index contributed by atoms with van der Waals surface area (Å²) in [7, 11) is 1.49. The van der Waals surface area contributed by atoms with Crippen molar-refractivity contribution in [1.29, 1.82) is 0 Å². The van der Waals surface area contributed by atoms with E-state index in [9.17, 15) is 9.59 Å². The van der Waals surface area contributed by atoms with Crippen molar-refractivity contribution in [3.8, 4) is 17.2 Å². The molecule has 0 saturated carbocycles. The lowest BCUT2D eigenvalue weighted by Gasteiger charge is -2.12. The predicted octanol–water partition coefficient (Wildman–Crippen LogP) is 4.43. The second kappa shape index (κ2) is 11.9. The Labute approximate surface area is 211 Å². The zero-order valence-electron chi connectivity index (χ0n) is 19.7. The highest BCUT2D eigenvalue weighted by Crippen LogP contribution is 2.30. The number of esters is 1. The van der Waals surface area contributed by atoms with Gasteiger partial charge in [-0.15, -0.1) is 0 Å². The third-order valence-corrected chi connectivity index (χ3v) is 5.78. The lowest BCUT2D eigenvalue weighted by Crippen LogP contribution is -2.19. The molecule has 184 valence electrons. The number of hydrogen-bond donors (Lipinski definition) is 2. The van der Waals surface area contributed by atoms with E-state index in [1.54, 1.807) is 42.5 Å². The number of fused-ring (bicyclic) bond motifs is 1. The van der Waals surface area contributed by atoms with Crippen molar-refractivity contribution in [2.75, 3.05) is 19.5 Å². The highest BCUT2D eigenvalue weighted by Gasteiger charge is 2.17. The van der Waals surface area contributed by atoms with Gasteiger partial charge >= 0.3 is 5.97 Å². The first-order valence-corrected chi connectivity index (χ1v) is 12.1. The summed E-state index contributed by atoms with van der Waals surface area (Å²) >= 11 is 1.29. The van der Waals surface area contributed by atoms with Crippen LogP contribution in [0.1, 0.15) is 22.8 Å². The summed E-state index contributed by atoms with van der Waals surface area (Å²) in [6.07, 6.45) is 1.48. The van der Waals surface area contributed by atoms with Crippen LogP contribution >= 0.6 is 11.8 Å². The molecule has 0 aliphatic heterocycles. The number of amides is 1. The Morgan fingerprint density at radius 3 is 2.67 bits per heavy atom. The lowest BCUT2D eigenvalue weighted by molar-refractivity contribution is -0.118. The van der Waals surface area contributed by atoms with E-state index >= 15 is 0 Å². The molecule has 10 heteroatoms. The maximum Gasteiger partial charge on any atom is 0.347 e. The Bertz CT molecular complexity index is 1370. The van der Waals surface area contributed by atoms with Crippen molar-refractivity contribution in [1.82, 2.24) is 15.4 Å². The standard InChI is InChI=1S/C26H24N4O5S/c1-3-34-23-14-17(12-13-22(23)35-25(32)18-8-4-7-11-21(18)33-2)15-27-30-24(31)16-36-26-28-19-9-5-6-10-20(19)29-26/h4-15H,3,16H2,1-2H3,(H,28,29)(H,30,31)/b27-15-. The number of nitrogens with zero attached hydrogens (tertiary/aromatic N) is 2. The van der Waals surface area contributed by atoms with Crippen molar-refractivity contribution in [2.45, 2.75) is 12.1 Å². The lowest BCUT2D eigenvalue weighted by atomic mass is 10.2. The number of hydrazone groups is 1. The summed E-state index contributed by atoms with van der Waals surface area (Å²) in [6, 6.07) is 19.5. The normalized spacial score (nSPS) is 10.9. The van der Waals surface area contributed by atoms with Crippen LogP contribution in [0.15, 0.2) is 77.0 Å². The fraction of sp³-hybridized carbons (Fsp3) is 0.154. The molecular formula is C26H24N4O5S. The van der Waals surface area contributed by atoms with Crippen LogP contribution < -0.4 is 19.6 Å². The molecule has 0 saturated heterocycles. The number of imidazole rings is 1. The van der Waals surface area contributed by atoms with E-state index in [0.29, 0.717) is 34.4 Å². The monoisotopic (exact) mass is 504 g/mol. The minimum absolute atomic E-state index is 0.152. The molecule has 1 aromatic heterocycles. The largest absolute Gasteiger partial charge is 0.496 e. The van der Waals surface area contributed by atoms with Crippen molar-refractivity contribution in [3.05, 3.63) is 77.9 Å². The SMILES string of the molecule is CCOc1cc(/C=N\NC(=O)CSc2nc3ccccc3[nH]2)ccc1OC(=O)c1ccccc1OC. The van der Waals surface area contributed by atoms with Gasteiger partial charge in [-0.2, -0.15) is 5.10 Å². The summed E-state index contributed by atoms with van der Waals surface area (Å²) in [4.78, 5) is 32.4. The molecule has 9 nitrogen and oxygen atoms in total. The molecule has 1 amide bonds. The molecule has 0 spiro atoms. The molecular weight excluding hydrogens is 480 g/mol. The molecule has 4 aromatic rings. The number of carbonyl (C=O) groups excluding carboxylic acids is 2. The Kier molecular flexibility index (Phi) is 8.20. The third-order valence-electron chi connectivity index (χ3n) is 4.91. The van der Waals surface area contributed by atoms with Crippen molar-refractivity contribution < 1.29 is 23.8 Å². The maximum absolute atomic E-state index is 12.7. The summed E-state index contributed by atoms with van der Waals surface area (Å²) in [6.45, 7) is 2.20. The van der Waals surface area contributed by atoms with Crippen LogP contribution in [0.25, 0.3) is 11.0 Å². The second-order valence-corrected chi connectivity index (χ2v) is 8.33. The number of carbonyl (C=O) groups is 2. The van der Waals surface area contributed by atoms with Gasteiger partial charge in [-0.05, 0) is 55.0 Å². The molecule has 4 rings (SSSR count). The first-order valence-electron chi connectivity index (χ1n) is 11.1. The number of aromatic amines is 1. The van der Waals surface area contributed by atoms with Gasteiger partial charge in [0.1, 0.15) is 11.3 Å². The number of para-hydroxylation sites is 3. The minimum Gasteiger partial charge on any atom is -0.496 e. The van der Waals surface area contributed by atoms with Gasteiger partial charge in [-0.3, -0.25) is 4.79 Å². The molecule has 0 aliphatic rings. The molecule has 3 aromatic carbocycles. The Morgan fingerprint density at radius 1 is 1.06 bits per heavy atom. The number of nitrogens with one attached hydrogen (secondary N) is 2. The van der Waals surface area contributed by atoms with E-state index in [2.05, 4.69) is 20.5 Å². The molecule has 36 heavy (non-hydrogen) atoms. The number of ether oxygens (including phenoxy) is 3. The number of rotatable bonds is 10. The van der Waals surface area contributed by atoms with Crippen LogP contribution in [0.4, 0.5) is 0 Å². The van der Waals surface area contributed by atoms with E-state index in [1.165, 1.54) is 25.1 Å². The van der Waals surface area contributed by atoms with E-state index in [4.69, 9.17) is 14.2 Å². The number of benzene rings is 3. The topological polar surface area (TPSA) is 115 Å². The fourth-order valence-corrected chi connectivity index (χ4v) is 3.95. The fourth-order valence-electron chi connectivity index (χ4n) is 3.27. The number of hydrogen-bond acceptors (Lipinski definition) is 8. The summed E-state index contributed by atoms with van der Waals surface area (Å²) < 4.78 is 16.4. The molecule has 0 unspecified atom stereocenters. The zero-order valence-corrected chi connectivity index (χ0v) is 20.5. The van der Waals surface area contributed by atoms with Crippen LogP contribution in [0.3, 0.4) is 0 Å².